The highest BCUT2D eigenvalue weighted by Crippen LogP contribution is 2.13. The van der Waals surface area contributed by atoms with E-state index >= 15 is 0 Å². The van der Waals surface area contributed by atoms with Crippen LogP contribution in [0.1, 0.15) is 16.1 Å². The Kier molecular flexibility index (Phi) is 2.91. The van der Waals surface area contributed by atoms with Crippen LogP contribution in [0.3, 0.4) is 0 Å². The third-order valence-corrected chi connectivity index (χ3v) is 2.01. The summed E-state index contributed by atoms with van der Waals surface area (Å²) in [6, 6.07) is 10.7. The number of carboxylic acids is 1. The van der Waals surface area contributed by atoms with Crippen molar-refractivity contribution >= 4 is 5.97 Å². The minimum Gasteiger partial charge on any atom is -0.489 e. The predicted molar refractivity (Wildman–Crippen MR) is 56.4 cm³/mol. The van der Waals surface area contributed by atoms with Gasteiger partial charge in [-0.2, -0.15) is 0 Å². The zero-order valence-electron chi connectivity index (χ0n) is 8.42. The van der Waals surface area contributed by atoms with E-state index in [0.717, 1.165) is 5.75 Å². The van der Waals surface area contributed by atoms with Gasteiger partial charge in [-0.3, -0.25) is 0 Å². The maximum atomic E-state index is 10.6. The second kappa shape index (κ2) is 4.53. The first-order valence-electron chi connectivity index (χ1n) is 4.74. The van der Waals surface area contributed by atoms with Crippen LogP contribution in [0, 0.1) is 0 Å². The summed E-state index contributed by atoms with van der Waals surface area (Å²) in [6.45, 7) is 0.292. The number of aromatic carboxylic acids is 1. The number of hydrogen-bond acceptors (Lipinski definition) is 3. The van der Waals surface area contributed by atoms with Gasteiger partial charge in [0.1, 0.15) is 12.4 Å². The topological polar surface area (TPSA) is 59.7 Å². The van der Waals surface area contributed by atoms with Crippen LogP contribution in [-0.2, 0) is 6.61 Å². The lowest BCUT2D eigenvalue weighted by Crippen LogP contribution is -1.94. The maximum absolute atomic E-state index is 10.6. The van der Waals surface area contributed by atoms with Gasteiger partial charge in [-0.05, 0) is 18.2 Å². The molecule has 0 amide bonds. The highest BCUT2D eigenvalue weighted by molar-refractivity contribution is 5.84. The number of furan rings is 1. The second-order valence-electron chi connectivity index (χ2n) is 3.23. The lowest BCUT2D eigenvalue weighted by molar-refractivity contribution is 0.0662. The third kappa shape index (κ3) is 2.42. The van der Waals surface area contributed by atoms with E-state index < -0.39 is 5.97 Å². The van der Waals surface area contributed by atoms with Gasteiger partial charge < -0.3 is 14.3 Å². The molecule has 1 aromatic heterocycles. The molecule has 82 valence electrons. The number of para-hydroxylation sites is 1. The van der Waals surface area contributed by atoms with E-state index in [1.165, 1.54) is 12.3 Å². The zero-order chi connectivity index (χ0) is 11.4. The monoisotopic (exact) mass is 218 g/mol. The van der Waals surface area contributed by atoms with Crippen molar-refractivity contribution in [1.29, 1.82) is 0 Å². The largest absolute Gasteiger partial charge is 0.489 e. The Morgan fingerprint density at radius 1 is 1.31 bits per heavy atom. The smallest absolute Gasteiger partial charge is 0.371 e. The number of carbonyl (C=O) groups is 1. The number of carboxylic acid groups (broad SMARTS) is 1. The molecular weight excluding hydrogens is 208 g/mol. The van der Waals surface area contributed by atoms with E-state index in [0.29, 0.717) is 12.2 Å². The fourth-order valence-corrected chi connectivity index (χ4v) is 1.25. The minimum absolute atomic E-state index is 0.0772. The third-order valence-electron chi connectivity index (χ3n) is 2.01. The quantitative estimate of drug-likeness (QED) is 0.856. The van der Waals surface area contributed by atoms with E-state index in [1.54, 1.807) is 0 Å². The van der Waals surface area contributed by atoms with Crippen molar-refractivity contribution in [2.45, 2.75) is 6.61 Å². The van der Waals surface area contributed by atoms with Gasteiger partial charge in [-0.15, -0.1) is 0 Å². The van der Waals surface area contributed by atoms with Gasteiger partial charge in [0.05, 0.1) is 6.26 Å². The second-order valence-corrected chi connectivity index (χ2v) is 3.23. The lowest BCUT2D eigenvalue weighted by Gasteiger charge is -2.02. The predicted octanol–water partition coefficient (Wildman–Crippen LogP) is 2.56. The Morgan fingerprint density at radius 2 is 2.06 bits per heavy atom. The first kappa shape index (κ1) is 10.3. The molecule has 16 heavy (non-hydrogen) atoms. The fraction of sp³-hybridized carbons (Fsp3) is 0.0833. The van der Waals surface area contributed by atoms with Gasteiger partial charge in [-0.25, -0.2) is 4.79 Å². The highest BCUT2D eigenvalue weighted by atomic mass is 16.5. The van der Waals surface area contributed by atoms with Crippen molar-refractivity contribution in [2.75, 3.05) is 0 Å². The van der Waals surface area contributed by atoms with Crippen LogP contribution in [0.5, 0.6) is 5.75 Å². The van der Waals surface area contributed by atoms with E-state index in [1.807, 2.05) is 30.3 Å². The summed E-state index contributed by atoms with van der Waals surface area (Å²) in [5.74, 6) is -0.418. The molecule has 2 rings (SSSR count). The summed E-state index contributed by atoms with van der Waals surface area (Å²) in [4.78, 5) is 10.6. The Bertz CT molecular complexity index is 473. The van der Waals surface area contributed by atoms with Crippen LogP contribution < -0.4 is 4.74 Å². The van der Waals surface area contributed by atoms with E-state index in [9.17, 15) is 4.79 Å². The lowest BCUT2D eigenvalue weighted by atomic mass is 10.3. The summed E-state index contributed by atoms with van der Waals surface area (Å²) in [6.07, 6.45) is 1.38. The fourth-order valence-electron chi connectivity index (χ4n) is 1.25. The molecule has 0 aliphatic heterocycles. The van der Waals surface area contributed by atoms with Crippen molar-refractivity contribution in [1.82, 2.24) is 0 Å². The molecule has 0 spiro atoms. The first-order chi connectivity index (χ1) is 7.75. The Balaban J connectivity index is 1.97. The molecule has 0 atom stereocenters. The number of rotatable bonds is 4. The molecule has 0 fully saturated rings. The minimum atomic E-state index is -1.08. The maximum Gasteiger partial charge on any atom is 0.371 e. The van der Waals surface area contributed by atoms with Crippen LogP contribution >= 0.6 is 0 Å². The zero-order valence-corrected chi connectivity index (χ0v) is 8.42. The Hall–Kier alpha value is -2.23. The highest BCUT2D eigenvalue weighted by Gasteiger charge is 2.08. The summed E-state index contributed by atoms with van der Waals surface area (Å²) in [7, 11) is 0. The first-order valence-corrected chi connectivity index (χ1v) is 4.74. The molecule has 1 aromatic carbocycles. The standard InChI is InChI=1S/C12H10O4/c13-12(14)11-6-9(8-16-11)7-15-10-4-2-1-3-5-10/h1-6,8H,7H2,(H,13,14). The van der Waals surface area contributed by atoms with Crippen LogP contribution in [0.15, 0.2) is 47.1 Å². The summed E-state index contributed by atoms with van der Waals surface area (Å²) < 4.78 is 10.3. The average molecular weight is 218 g/mol. The molecule has 0 bridgehead atoms. The van der Waals surface area contributed by atoms with Gasteiger partial charge in [0.25, 0.3) is 0 Å². The molecule has 1 N–H and O–H groups in total. The summed E-state index contributed by atoms with van der Waals surface area (Å²) >= 11 is 0. The molecule has 0 unspecified atom stereocenters. The van der Waals surface area contributed by atoms with Gasteiger partial charge in [0, 0.05) is 5.56 Å². The molecule has 0 saturated carbocycles. The van der Waals surface area contributed by atoms with E-state index in [-0.39, 0.29) is 5.76 Å². The van der Waals surface area contributed by atoms with Crippen molar-refractivity contribution in [3.63, 3.8) is 0 Å². The molecule has 1 heterocycles. The number of hydrogen-bond donors (Lipinski definition) is 1. The van der Waals surface area contributed by atoms with Gasteiger partial charge in [0.2, 0.25) is 5.76 Å². The van der Waals surface area contributed by atoms with E-state index in [4.69, 9.17) is 14.3 Å². The van der Waals surface area contributed by atoms with Crippen LogP contribution in [0.2, 0.25) is 0 Å². The molecule has 2 aromatic rings. The molecule has 4 heteroatoms. The van der Waals surface area contributed by atoms with Gasteiger partial charge in [0.15, 0.2) is 0 Å². The molecule has 0 radical (unpaired) electrons. The molecule has 4 nitrogen and oxygen atoms in total. The number of benzene rings is 1. The SMILES string of the molecule is O=C(O)c1cc(COc2ccccc2)co1. The van der Waals surface area contributed by atoms with Crippen molar-refractivity contribution in [3.8, 4) is 5.75 Å². The van der Waals surface area contributed by atoms with E-state index in [2.05, 4.69) is 0 Å². The van der Waals surface area contributed by atoms with Crippen LogP contribution in [0.25, 0.3) is 0 Å². The summed E-state index contributed by atoms with van der Waals surface area (Å²) in [5, 5.41) is 8.65. The average Bonchev–Trinajstić information content (AvgIpc) is 2.76. The molecular formula is C12H10O4. The van der Waals surface area contributed by atoms with Crippen LogP contribution in [-0.4, -0.2) is 11.1 Å². The van der Waals surface area contributed by atoms with Gasteiger partial charge >= 0.3 is 5.97 Å². The Labute approximate surface area is 92.1 Å². The molecule has 0 aliphatic rings. The molecule has 0 saturated heterocycles. The van der Waals surface area contributed by atoms with Crippen molar-refractivity contribution in [3.05, 3.63) is 54.0 Å². The van der Waals surface area contributed by atoms with Gasteiger partial charge in [-0.1, -0.05) is 18.2 Å². The Morgan fingerprint density at radius 3 is 2.69 bits per heavy atom. The molecule has 0 aliphatic carbocycles. The number of ether oxygens (including phenoxy) is 1. The normalized spacial score (nSPS) is 10.0. The van der Waals surface area contributed by atoms with Crippen molar-refractivity contribution < 1.29 is 19.1 Å². The van der Waals surface area contributed by atoms with Crippen LogP contribution in [0.4, 0.5) is 0 Å². The van der Waals surface area contributed by atoms with Crippen molar-refractivity contribution in [2.24, 2.45) is 0 Å². The summed E-state index contributed by atoms with van der Waals surface area (Å²) in [5.41, 5.74) is 0.696.